The Labute approximate surface area is 134 Å². The van der Waals surface area contributed by atoms with Crippen molar-refractivity contribution >= 4 is 17.9 Å². The SMILES string of the molecule is C[C@H](OC(=O)c1ccncc1)C(=O)NC(=O)NC1CCCCC1. The average Bonchev–Trinajstić information content (AvgIpc) is 2.56. The van der Waals surface area contributed by atoms with Gasteiger partial charge in [-0.2, -0.15) is 0 Å². The highest BCUT2D eigenvalue weighted by molar-refractivity contribution is 5.98. The minimum Gasteiger partial charge on any atom is -0.449 e. The molecule has 0 bridgehead atoms. The van der Waals surface area contributed by atoms with E-state index in [-0.39, 0.29) is 6.04 Å². The van der Waals surface area contributed by atoms with Crippen molar-refractivity contribution in [2.24, 2.45) is 0 Å². The van der Waals surface area contributed by atoms with Gasteiger partial charge in [-0.05, 0) is 31.9 Å². The molecule has 124 valence electrons. The zero-order valence-corrected chi connectivity index (χ0v) is 13.1. The Morgan fingerprint density at radius 2 is 1.83 bits per heavy atom. The van der Waals surface area contributed by atoms with E-state index in [2.05, 4.69) is 15.6 Å². The molecule has 7 heteroatoms. The van der Waals surface area contributed by atoms with E-state index in [1.165, 1.54) is 37.9 Å². The maximum atomic E-state index is 11.9. The number of aromatic nitrogens is 1. The van der Waals surface area contributed by atoms with Crippen LogP contribution in [0, 0.1) is 0 Å². The van der Waals surface area contributed by atoms with Gasteiger partial charge in [-0.3, -0.25) is 15.1 Å². The first-order valence-electron chi connectivity index (χ1n) is 7.78. The molecule has 1 aromatic heterocycles. The van der Waals surface area contributed by atoms with Crippen LogP contribution >= 0.6 is 0 Å². The number of esters is 1. The highest BCUT2D eigenvalue weighted by Crippen LogP contribution is 2.17. The van der Waals surface area contributed by atoms with Gasteiger partial charge in [0.05, 0.1) is 5.56 Å². The molecule has 0 saturated heterocycles. The highest BCUT2D eigenvalue weighted by Gasteiger charge is 2.22. The molecule has 1 atom stereocenters. The second-order valence-corrected chi connectivity index (χ2v) is 5.58. The summed E-state index contributed by atoms with van der Waals surface area (Å²) in [6.07, 6.45) is 7.05. The monoisotopic (exact) mass is 319 g/mol. The van der Waals surface area contributed by atoms with Crippen LogP contribution in [0.15, 0.2) is 24.5 Å². The standard InChI is InChI=1S/C16H21N3O4/c1-11(23-15(21)12-7-9-17-10-8-12)14(20)19-16(22)18-13-5-3-2-4-6-13/h7-11,13H,2-6H2,1H3,(H2,18,19,20,22)/t11-/m0/s1. The lowest BCUT2D eigenvalue weighted by Gasteiger charge is -2.23. The number of urea groups is 1. The third-order valence-electron chi connectivity index (χ3n) is 3.75. The van der Waals surface area contributed by atoms with Crippen molar-refractivity contribution in [3.8, 4) is 0 Å². The smallest absolute Gasteiger partial charge is 0.339 e. The number of ether oxygens (including phenoxy) is 1. The van der Waals surface area contributed by atoms with E-state index < -0.39 is 24.0 Å². The summed E-state index contributed by atoms with van der Waals surface area (Å²) in [6, 6.07) is 2.53. The van der Waals surface area contributed by atoms with Gasteiger partial charge in [-0.25, -0.2) is 9.59 Å². The first-order valence-corrected chi connectivity index (χ1v) is 7.78. The predicted octanol–water partition coefficient (Wildman–Crippen LogP) is 1.79. The maximum absolute atomic E-state index is 11.9. The van der Waals surface area contributed by atoms with Crippen molar-refractivity contribution in [3.05, 3.63) is 30.1 Å². The van der Waals surface area contributed by atoms with Crippen molar-refractivity contribution in [3.63, 3.8) is 0 Å². The average molecular weight is 319 g/mol. The van der Waals surface area contributed by atoms with E-state index in [0.717, 1.165) is 25.7 Å². The fourth-order valence-electron chi connectivity index (χ4n) is 2.45. The number of carbonyl (C=O) groups is 3. The van der Waals surface area contributed by atoms with Crippen LogP contribution < -0.4 is 10.6 Å². The Kier molecular flexibility index (Phi) is 6.08. The summed E-state index contributed by atoms with van der Waals surface area (Å²) in [6.45, 7) is 1.42. The van der Waals surface area contributed by atoms with Crippen LogP contribution in [-0.2, 0) is 9.53 Å². The van der Waals surface area contributed by atoms with Crippen LogP contribution in [0.2, 0.25) is 0 Å². The van der Waals surface area contributed by atoms with Gasteiger partial charge < -0.3 is 10.1 Å². The maximum Gasteiger partial charge on any atom is 0.339 e. The van der Waals surface area contributed by atoms with E-state index in [9.17, 15) is 14.4 Å². The number of carbonyl (C=O) groups excluding carboxylic acids is 3. The largest absolute Gasteiger partial charge is 0.449 e. The third kappa shape index (κ3) is 5.36. The molecule has 1 saturated carbocycles. The van der Waals surface area contributed by atoms with Crippen molar-refractivity contribution in [2.45, 2.75) is 51.2 Å². The molecule has 23 heavy (non-hydrogen) atoms. The Morgan fingerprint density at radius 1 is 1.17 bits per heavy atom. The fraction of sp³-hybridized carbons (Fsp3) is 0.500. The lowest BCUT2D eigenvalue weighted by Crippen LogP contribution is -2.48. The van der Waals surface area contributed by atoms with Crippen LogP contribution in [0.4, 0.5) is 4.79 Å². The van der Waals surface area contributed by atoms with Crippen LogP contribution in [-0.4, -0.2) is 35.0 Å². The van der Waals surface area contributed by atoms with Crippen molar-refractivity contribution in [1.29, 1.82) is 0 Å². The molecule has 0 unspecified atom stereocenters. The van der Waals surface area contributed by atoms with E-state index in [0.29, 0.717) is 5.56 Å². The first-order chi connectivity index (χ1) is 11.1. The summed E-state index contributed by atoms with van der Waals surface area (Å²) in [5.41, 5.74) is 0.298. The topological polar surface area (TPSA) is 97.4 Å². The van der Waals surface area contributed by atoms with Gasteiger partial charge in [0.2, 0.25) is 0 Å². The van der Waals surface area contributed by atoms with E-state index in [1.807, 2.05) is 0 Å². The Hall–Kier alpha value is -2.44. The summed E-state index contributed by atoms with van der Waals surface area (Å²) < 4.78 is 5.03. The lowest BCUT2D eigenvalue weighted by molar-refractivity contribution is -0.127. The summed E-state index contributed by atoms with van der Waals surface area (Å²) in [5.74, 6) is -1.29. The van der Waals surface area contributed by atoms with Crippen LogP contribution in [0.25, 0.3) is 0 Å². The van der Waals surface area contributed by atoms with Gasteiger partial charge in [-0.1, -0.05) is 19.3 Å². The van der Waals surface area contributed by atoms with Gasteiger partial charge >= 0.3 is 12.0 Å². The van der Waals surface area contributed by atoms with Crippen LogP contribution in [0.3, 0.4) is 0 Å². The molecule has 2 N–H and O–H groups in total. The molecule has 1 heterocycles. The Balaban J connectivity index is 1.77. The molecule has 0 aromatic carbocycles. The number of amides is 3. The predicted molar refractivity (Wildman–Crippen MR) is 82.7 cm³/mol. The van der Waals surface area contributed by atoms with Gasteiger partial charge in [0.25, 0.3) is 5.91 Å². The molecule has 0 spiro atoms. The van der Waals surface area contributed by atoms with Crippen LogP contribution in [0.1, 0.15) is 49.4 Å². The summed E-state index contributed by atoms with van der Waals surface area (Å²) >= 11 is 0. The molecular formula is C16H21N3O4. The molecule has 7 nitrogen and oxygen atoms in total. The zero-order valence-electron chi connectivity index (χ0n) is 13.1. The molecule has 1 aliphatic rings. The molecule has 1 aromatic rings. The zero-order chi connectivity index (χ0) is 16.7. The normalized spacial score (nSPS) is 16.2. The van der Waals surface area contributed by atoms with E-state index in [4.69, 9.17) is 4.74 Å². The van der Waals surface area contributed by atoms with Crippen molar-refractivity contribution in [1.82, 2.24) is 15.6 Å². The van der Waals surface area contributed by atoms with Crippen molar-refractivity contribution < 1.29 is 19.1 Å². The number of hydrogen-bond donors (Lipinski definition) is 2. The fourth-order valence-corrected chi connectivity index (χ4v) is 2.45. The molecular weight excluding hydrogens is 298 g/mol. The summed E-state index contributed by atoms with van der Waals surface area (Å²) in [4.78, 5) is 39.3. The lowest BCUT2D eigenvalue weighted by atomic mass is 9.96. The van der Waals surface area contributed by atoms with Gasteiger partial charge in [0.15, 0.2) is 6.10 Å². The Morgan fingerprint density at radius 3 is 2.48 bits per heavy atom. The first kappa shape index (κ1) is 16.9. The third-order valence-corrected chi connectivity index (χ3v) is 3.75. The summed E-state index contributed by atoms with van der Waals surface area (Å²) in [5, 5.41) is 4.98. The molecule has 3 amide bonds. The number of pyridine rings is 1. The molecule has 0 radical (unpaired) electrons. The number of imide groups is 1. The number of nitrogens with one attached hydrogen (secondary N) is 2. The van der Waals surface area contributed by atoms with E-state index >= 15 is 0 Å². The molecule has 1 fully saturated rings. The molecule has 0 aliphatic heterocycles. The van der Waals surface area contributed by atoms with Crippen LogP contribution in [0.5, 0.6) is 0 Å². The number of nitrogens with zero attached hydrogens (tertiary/aromatic N) is 1. The minimum absolute atomic E-state index is 0.103. The number of rotatable bonds is 4. The summed E-state index contributed by atoms with van der Waals surface area (Å²) in [7, 11) is 0. The minimum atomic E-state index is -1.06. The van der Waals surface area contributed by atoms with Gasteiger partial charge in [-0.15, -0.1) is 0 Å². The molecule has 1 aliphatic carbocycles. The Bertz CT molecular complexity index is 556. The van der Waals surface area contributed by atoms with E-state index in [1.54, 1.807) is 0 Å². The second kappa shape index (κ2) is 8.26. The van der Waals surface area contributed by atoms with Gasteiger partial charge in [0, 0.05) is 18.4 Å². The quantitative estimate of drug-likeness (QED) is 0.825. The van der Waals surface area contributed by atoms with Gasteiger partial charge in [0.1, 0.15) is 0 Å². The second-order valence-electron chi connectivity index (χ2n) is 5.58. The number of hydrogen-bond acceptors (Lipinski definition) is 5. The highest BCUT2D eigenvalue weighted by atomic mass is 16.5. The molecule has 2 rings (SSSR count). The van der Waals surface area contributed by atoms with Crippen molar-refractivity contribution in [2.75, 3.05) is 0 Å².